The molecule has 0 aromatic heterocycles. The number of hydrogen-bond donors (Lipinski definition) is 1. The number of nitrogens with one attached hydrogen (secondary N) is 1. The van der Waals surface area contributed by atoms with Gasteiger partial charge >= 0.3 is 0 Å². The van der Waals surface area contributed by atoms with Crippen molar-refractivity contribution >= 4 is 40.9 Å². The number of carbonyl (C=O) groups is 2. The Morgan fingerprint density at radius 2 is 1.76 bits per heavy atom. The van der Waals surface area contributed by atoms with Gasteiger partial charge in [0.2, 0.25) is 5.91 Å². The fourth-order valence-corrected chi connectivity index (χ4v) is 4.08. The van der Waals surface area contributed by atoms with Gasteiger partial charge in [-0.1, -0.05) is 29.4 Å². The van der Waals surface area contributed by atoms with Crippen LogP contribution in [0, 0.1) is 11.7 Å². The van der Waals surface area contributed by atoms with Crippen molar-refractivity contribution < 1.29 is 22.8 Å². The van der Waals surface area contributed by atoms with Crippen LogP contribution < -0.4 is 5.32 Å². The number of likely N-dealkylation sites (tertiary alicyclic amines) is 1. The van der Waals surface area contributed by atoms with Gasteiger partial charge in [0, 0.05) is 24.6 Å². The maximum Gasteiger partial charge on any atom is 0.289 e. The molecule has 0 spiro atoms. The first kappa shape index (κ1) is 21.5. The number of anilines is 1. The van der Waals surface area contributed by atoms with Crippen LogP contribution in [0.15, 0.2) is 47.4 Å². The van der Waals surface area contributed by atoms with Crippen molar-refractivity contribution in [3.63, 3.8) is 0 Å². The monoisotopic (exact) mass is 442 g/mol. The number of carbonyl (C=O) groups excluding carboxylic acids is 2. The summed E-state index contributed by atoms with van der Waals surface area (Å²) in [6, 6.07) is 9.91. The summed E-state index contributed by atoms with van der Waals surface area (Å²) in [7, 11) is 0. The molecular formula is C20H18ClF3N2O2S. The highest BCUT2D eigenvalue weighted by molar-refractivity contribution is 7.99. The van der Waals surface area contributed by atoms with Crippen molar-refractivity contribution in [1.82, 2.24) is 4.90 Å². The molecule has 0 unspecified atom stereocenters. The molecule has 1 heterocycles. The summed E-state index contributed by atoms with van der Waals surface area (Å²) in [5.74, 6) is -3.93. The third-order valence-electron chi connectivity index (χ3n) is 4.68. The molecule has 0 radical (unpaired) electrons. The molecule has 3 rings (SSSR count). The quantitative estimate of drug-likeness (QED) is 0.640. The van der Waals surface area contributed by atoms with Gasteiger partial charge in [0.05, 0.1) is 15.6 Å². The summed E-state index contributed by atoms with van der Waals surface area (Å²) in [6.07, 6.45) is 0.882. The number of thioether (sulfide) groups is 1. The normalized spacial score (nSPS) is 14.9. The van der Waals surface area contributed by atoms with Crippen LogP contribution in [-0.4, -0.2) is 35.6 Å². The zero-order valence-electron chi connectivity index (χ0n) is 15.2. The van der Waals surface area contributed by atoms with Crippen LogP contribution in [-0.2, 0) is 4.79 Å². The van der Waals surface area contributed by atoms with Crippen LogP contribution >= 0.6 is 23.4 Å². The largest absolute Gasteiger partial charge is 0.339 e. The highest BCUT2D eigenvalue weighted by Crippen LogP contribution is 2.38. The van der Waals surface area contributed by atoms with E-state index in [1.807, 2.05) is 0 Å². The Morgan fingerprint density at radius 3 is 2.38 bits per heavy atom. The van der Waals surface area contributed by atoms with Crippen molar-refractivity contribution in [1.29, 1.82) is 0 Å². The molecule has 1 aliphatic rings. The maximum absolute atomic E-state index is 13.0. The third-order valence-corrected chi connectivity index (χ3v) is 5.96. The summed E-state index contributed by atoms with van der Waals surface area (Å²) in [4.78, 5) is 26.8. The Balaban J connectivity index is 1.60. The second-order valence-electron chi connectivity index (χ2n) is 6.56. The average molecular weight is 443 g/mol. The Labute approximate surface area is 175 Å². The summed E-state index contributed by atoms with van der Waals surface area (Å²) < 4.78 is 38.6. The number of amides is 2. The van der Waals surface area contributed by atoms with Crippen molar-refractivity contribution in [3.05, 3.63) is 58.9 Å². The molecule has 0 atom stereocenters. The van der Waals surface area contributed by atoms with Crippen LogP contribution in [0.5, 0.6) is 0 Å². The number of benzene rings is 2. The Bertz CT molecular complexity index is 888. The zero-order valence-corrected chi connectivity index (χ0v) is 16.8. The van der Waals surface area contributed by atoms with Crippen LogP contribution in [0.1, 0.15) is 23.2 Å². The van der Waals surface area contributed by atoms with E-state index >= 15 is 0 Å². The van der Waals surface area contributed by atoms with E-state index in [1.165, 1.54) is 36.4 Å². The summed E-state index contributed by atoms with van der Waals surface area (Å²) >= 11 is 6.28. The number of rotatable bonds is 5. The maximum atomic E-state index is 13.0. The van der Waals surface area contributed by atoms with E-state index in [0.29, 0.717) is 31.5 Å². The van der Waals surface area contributed by atoms with Crippen LogP contribution in [0.2, 0.25) is 5.02 Å². The molecule has 2 amide bonds. The Hall–Kier alpha value is -2.19. The van der Waals surface area contributed by atoms with Crippen LogP contribution in [0.3, 0.4) is 0 Å². The molecule has 154 valence electrons. The SMILES string of the molecule is O=C(Nc1cccc(Cl)c1SC(F)F)C1CCN(C(=O)c2ccc(F)cc2)CC1. The number of nitrogens with zero attached hydrogens (tertiary/aromatic N) is 1. The minimum absolute atomic E-state index is 0.126. The second kappa shape index (κ2) is 9.54. The van der Waals surface area contributed by atoms with E-state index in [1.54, 1.807) is 11.0 Å². The molecular weight excluding hydrogens is 425 g/mol. The Kier molecular flexibility index (Phi) is 7.08. The minimum atomic E-state index is -2.66. The first-order chi connectivity index (χ1) is 13.8. The third kappa shape index (κ3) is 5.45. The number of hydrogen-bond acceptors (Lipinski definition) is 3. The van der Waals surface area contributed by atoms with Gasteiger partial charge in [-0.3, -0.25) is 9.59 Å². The molecule has 1 fully saturated rings. The lowest BCUT2D eigenvalue weighted by Crippen LogP contribution is -2.41. The Morgan fingerprint density at radius 1 is 1.10 bits per heavy atom. The molecule has 4 nitrogen and oxygen atoms in total. The number of piperidine rings is 1. The van der Waals surface area contributed by atoms with Crippen LogP contribution in [0.25, 0.3) is 0 Å². The molecule has 0 saturated carbocycles. The average Bonchev–Trinajstić information content (AvgIpc) is 2.70. The molecule has 0 aliphatic carbocycles. The smallest absolute Gasteiger partial charge is 0.289 e. The van der Waals surface area contributed by atoms with Gasteiger partial charge in [-0.25, -0.2) is 4.39 Å². The van der Waals surface area contributed by atoms with Crippen molar-refractivity contribution in [2.45, 2.75) is 23.5 Å². The van der Waals surface area contributed by atoms with Gasteiger partial charge in [-0.15, -0.1) is 0 Å². The lowest BCUT2D eigenvalue weighted by Gasteiger charge is -2.31. The minimum Gasteiger partial charge on any atom is -0.339 e. The summed E-state index contributed by atoms with van der Waals surface area (Å²) in [5.41, 5.74) is 0.638. The number of halogens is 4. The molecule has 1 N–H and O–H groups in total. The fourth-order valence-electron chi connectivity index (χ4n) is 3.17. The molecule has 29 heavy (non-hydrogen) atoms. The first-order valence-electron chi connectivity index (χ1n) is 8.94. The van der Waals surface area contributed by atoms with Gasteiger partial charge in [0.1, 0.15) is 5.82 Å². The highest BCUT2D eigenvalue weighted by Gasteiger charge is 2.28. The van der Waals surface area contributed by atoms with E-state index in [4.69, 9.17) is 11.6 Å². The van der Waals surface area contributed by atoms with E-state index in [9.17, 15) is 22.8 Å². The molecule has 9 heteroatoms. The molecule has 1 aliphatic heterocycles. The summed E-state index contributed by atoms with van der Waals surface area (Å²) in [5, 5.41) is 2.83. The zero-order chi connectivity index (χ0) is 21.0. The predicted molar refractivity (Wildman–Crippen MR) is 107 cm³/mol. The molecule has 2 aromatic rings. The van der Waals surface area contributed by atoms with E-state index in [2.05, 4.69) is 5.32 Å². The summed E-state index contributed by atoms with van der Waals surface area (Å²) in [6.45, 7) is 0.755. The fraction of sp³-hybridized carbons (Fsp3) is 0.300. The first-order valence-corrected chi connectivity index (χ1v) is 10.2. The standard InChI is InChI=1S/C20H18ClF3N2O2S/c21-15-2-1-3-16(17(15)29-20(23)24)25-18(27)12-8-10-26(11-9-12)19(28)13-4-6-14(22)7-5-13/h1-7,12,20H,8-11H2,(H,25,27). The highest BCUT2D eigenvalue weighted by atomic mass is 35.5. The van der Waals surface area contributed by atoms with Gasteiger partial charge < -0.3 is 10.2 Å². The second-order valence-corrected chi connectivity index (χ2v) is 7.97. The van der Waals surface area contributed by atoms with Gasteiger partial charge in [-0.05, 0) is 49.2 Å². The van der Waals surface area contributed by atoms with Crippen molar-refractivity contribution in [2.75, 3.05) is 18.4 Å². The van der Waals surface area contributed by atoms with E-state index in [0.717, 1.165) is 0 Å². The number of alkyl halides is 2. The van der Waals surface area contributed by atoms with Crippen LogP contribution in [0.4, 0.5) is 18.9 Å². The predicted octanol–water partition coefficient (Wildman–Crippen LogP) is 5.28. The van der Waals surface area contributed by atoms with Gasteiger partial charge in [0.15, 0.2) is 0 Å². The molecule has 2 aromatic carbocycles. The van der Waals surface area contributed by atoms with Gasteiger partial charge in [-0.2, -0.15) is 8.78 Å². The topological polar surface area (TPSA) is 49.4 Å². The molecule has 1 saturated heterocycles. The van der Waals surface area contributed by atoms with Crippen molar-refractivity contribution in [3.8, 4) is 0 Å². The van der Waals surface area contributed by atoms with Gasteiger partial charge in [0.25, 0.3) is 11.7 Å². The van der Waals surface area contributed by atoms with E-state index in [-0.39, 0.29) is 45.1 Å². The molecule has 0 bridgehead atoms. The van der Waals surface area contributed by atoms with Crippen molar-refractivity contribution in [2.24, 2.45) is 5.92 Å². The lowest BCUT2D eigenvalue weighted by molar-refractivity contribution is -0.121. The lowest BCUT2D eigenvalue weighted by atomic mass is 9.95. The van der Waals surface area contributed by atoms with E-state index < -0.39 is 11.6 Å².